The van der Waals surface area contributed by atoms with Gasteiger partial charge in [0.2, 0.25) is 5.91 Å². The van der Waals surface area contributed by atoms with E-state index in [4.69, 9.17) is 5.11 Å². The highest BCUT2D eigenvalue weighted by molar-refractivity contribution is 5.82. The molecule has 2 N–H and O–H groups in total. The summed E-state index contributed by atoms with van der Waals surface area (Å²) in [6.07, 6.45) is -2.38. The van der Waals surface area contributed by atoms with E-state index in [-0.39, 0.29) is 31.9 Å². The van der Waals surface area contributed by atoms with Gasteiger partial charge in [-0.25, -0.2) is 0 Å². The SMILES string of the molecule is O=C(C1CCC(C(F)(F)F)CN1)N1CCC(CCO)C1. The molecule has 0 aromatic carbocycles. The lowest BCUT2D eigenvalue weighted by Gasteiger charge is -2.32. The summed E-state index contributed by atoms with van der Waals surface area (Å²) in [4.78, 5) is 13.9. The molecule has 0 radical (unpaired) electrons. The van der Waals surface area contributed by atoms with Gasteiger partial charge in [-0.1, -0.05) is 0 Å². The fourth-order valence-corrected chi connectivity index (χ4v) is 3.02. The minimum absolute atomic E-state index is 0.0147. The van der Waals surface area contributed by atoms with Crippen LogP contribution in [-0.4, -0.2) is 54.4 Å². The number of aliphatic hydroxyl groups excluding tert-OH is 1. The standard InChI is InChI=1S/C13H21F3N2O2/c14-13(15,16)10-1-2-11(17-7-10)12(20)18-5-3-9(8-18)4-6-19/h9-11,17,19H,1-8H2. The number of nitrogens with one attached hydrogen (secondary N) is 1. The van der Waals surface area contributed by atoms with Gasteiger partial charge in [0.05, 0.1) is 12.0 Å². The van der Waals surface area contributed by atoms with Crippen LogP contribution >= 0.6 is 0 Å². The first-order valence-electron chi connectivity index (χ1n) is 7.11. The molecule has 2 heterocycles. The average Bonchev–Trinajstić information content (AvgIpc) is 2.86. The molecule has 3 unspecified atom stereocenters. The van der Waals surface area contributed by atoms with Crippen molar-refractivity contribution in [3.05, 3.63) is 0 Å². The van der Waals surface area contributed by atoms with Crippen LogP contribution in [0.15, 0.2) is 0 Å². The van der Waals surface area contributed by atoms with Gasteiger partial charge < -0.3 is 15.3 Å². The Kier molecular flexibility index (Phi) is 4.90. The molecule has 0 aromatic heterocycles. The average molecular weight is 294 g/mol. The molecule has 0 saturated carbocycles. The number of likely N-dealkylation sites (tertiary alicyclic amines) is 1. The first kappa shape index (κ1) is 15.6. The molecule has 7 heteroatoms. The van der Waals surface area contributed by atoms with Crippen molar-refractivity contribution in [2.75, 3.05) is 26.2 Å². The Balaban J connectivity index is 1.81. The molecule has 0 spiro atoms. The quantitative estimate of drug-likeness (QED) is 0.821. The van der Waals surface area contributed by atoms with Crippen LogP contribution < -0.4 is 5.32 Å². The second kappa shape index (κ2) is 6.30. The lowest BCUT2D eigenvalue weighted by molar-refractivity contribution is -0.180. The van der Waals surface area contributed by atoms with Gasteiger partial charge in [-0.2, -0.15) is 13.2 Å². The van der Waals surface area contributed by atoms with Gasteiger partial charge in [0, 0.05) is 26.2 Å². The van der Waals surface area contributed by atoms with Crippen molar-refractivity contribution in [2.45, 2.75) is 37.9 Å². The highest BCUT2D eigenvalue weighted by Gasteiger charge is 2.43. The summed E-state index contributed by atoms with van der Waals surface area (Å²) < 4.78 is 37.6. The van der Waals surface area contributed by atoms with Gasteiger partial charge in [0.15, 0.2) is 0 Å². The van der Waals surface area contributed by atoms with Gasteiger partial charge in [-0.15, -0.1) is 0 Å². The molecule has 1 amide bonds. The molecule has 2 aliphatic rings. The maximum absolute atomic E-state index is 12.5. The smallest absolute Gasteiger partial charge is 0.393 e. The normalized spacial score (nSPS) is 31.6. The molecule has 0 aliphatic carbocycles. The number of halogens is 3. The summed E-state index contributed by atoms with van der Waals surface area (Å²) in [6.45, 7) is 1.19. The molecule has 20 heavy (non-hydrogen) atoms. The predicted octanol–water partition coefficient (Wildman–Crippen LogP) is 1.15. The maximum Gasteiger partial charge on any atom is 0.393 e. The number of aliphatic hydroxyl groups is 1. The Bertz CT molecular complexity index is 341. The van der Waals surface area contributed by atoms with Gasteiger partial charge in [-0.05, 0) is 31.6 Å². The van der Waals surface area contributed by atoms with Crippen LogP contribution in [0.5, 0.6) is 0 Å². The van der Waals surface area contributed by atoms with Gasteiger partial charge in [0.25, 0.3) is 0 Å². The van der Waals surface area contributed by atoms with Crippen molar-refractivity contribution < 1.29 is 23.1 Å². The van der Waals surface area contributed by atoms with Crippen molar-refractivity contribution in [1.29, 1.82) is 0 Å². The van der Waals surface area contributed by atoms with Crippen molar-refractivity contribution >= 4 is 5.91 Å². The number of piperidine rings is 1. The zero-order chi connectivity index (χ0) is 14.8. The Morgan fingerprint density at radius 3 is 2.60 bits per heavy atom. The fourth-order valence-electron chi connectivity index (χ4n) is 3.02. The van der Waals surface area contributed by atoms with E-state index < -0.39 is 18.1 Å². The molecular weight excluding hydrogens is 273 g/mol. The number of carbonyl (C=O) groups excluding carboxylic acids is 1. The van der Waals surface area contributed by atoms with Crippen molar-refractivity contribution in [2.24, 2.45) is 11.8 Å². The maximum atomic E-state index is 12.5. The van der Waals surface area contributed by atoms with Crippen LogP contribution in [0.1, 0.15) is 25.7 Å². The second-order valence-corrected chi connectivity index (χ2v) is 5.73. The Morgan fingerprint density at radius 1 is 1.30 bits per heavy atom. The molecule has 4 nitrogen and oxygen atoms in total. The van der Waals surface area contributed by atoms with Crippen molar-refractivity contribution in [1.82, 2.24) is 10.2 Å². The molecule has 2 aliphatic heterocycles. The zero-order valence-electron chi connectivity index (χ0n) is 11.3. The number of hydrogen-bond acceptors (Lipinski definition) is 3. The van der Waals surface area contributed by atoms with Crippen LogP contribution in [0.2, 0.25) is 0 Å². The third-order valence-electron chi connectivity index (χ3n) is 4.31. The second-order valence-electron chi connectivity index (χ2n) is 5.73. The summed E-state index contributed by atoms with van der Waals surface area (Å²) in [5.41, 5.74) is 0. The van der Waals surface area contributed by atoms with E-state index in [2.05, 4.69) is 5.32 Å². The fraction of sp³-hybridized carbons (Fsp3) is 0.923. The third-order valence-corrected chi connectivity index (χ3v) is 4.31. The van der Waals surface area contributed by atoms with E-state index in [1.807, 2.05) is 0 Å². The van der Waals surface area contributed by atoms with Crippen LogP contribution in [0.25, 0.3) is 0 Å². The number of amides is 1. The van der Waals surface area contributed by atoms with E-state index >= 15 is 0 Å². The summed E-state index contributed by atoms with van der Waals surface area (Å²) in [7, 11) is 0. The Hall–Kier alpha value is -0.820. The Labute approximate surface area is 116 Å². The van der Waals surface area contributed by atoms with E-state index in [0.717, 1.165) is 6.42 Å². The summed E-state index contributed by atoms with van der Waals surface area (Å²) in [6, 6.07) is -0.485. The highest BCUT2D eigenvalue weighted by atomic mass is 19.4. The number of nitrogens with zero attached hydrogens (tertiary/aromatic N) is 1. The number of carbonyl (C=O) groups is 1. The van der Waals surface area contributed by atoms with E-state index in [0.29, 0.717) is 25.4 Å². The van der Waals surface area contributed by atoms with Crippen LogP contribution in [0.4, 0.5) is 13.2 Å². The molecule has 116 valence electrons. The monoisotopic (exact) mass is 294 g/mol. The highest BCUT2D eigenvalue weighted by Crippen LogP contribution is 2.32. The third kappa shape index (κ3) is 3.63. The van der Waals surface area contributed by atoms with Crippen LogP contribution in [0, 0.1) is 11.8 Å². The summed E-state index contributed by atoms with van der Waals surface area (Å²) >= 11 is 0. The molecule has 2 fully saturated rings. The molecule has 3 atom stereocenters. The Morgan fingerprint density at radius 2 is 2.05 bits per heavy atom. The first-order chi connectivity index (χ1) is 9.41. The largest absolute Gasteiger partial charge is 0.396 e. The first-order valence-corrected chi connectivity index (χ1v) is 7.11. The zero-order valence-corrected chi connectivity index (χ0v) is 11.3. The minimum Gasteiger partial charge on any atom is -0.396 e. The minimum atomic E-state index is -4.18. The van der Waals surface area contributed by atoms with Gasteiger partial charge in [0.1, 0.15) is 0 Å². The van der Waals surface area contributed by atoms with Gasteiger partial charge >= 0.3 is 6.18 Å². The number of alkyl halides is 3. The molecule has 0 bridgehead atoms. The van der Waals surface area contributed by atoms with Crippen molar-refractivity contribution in [3.63, 3.8) is 0 Å². The van der Waals surface area contributed by atoms with E-state index in [1.54, 1.807) is 4.90 Å². The molecule has 0 aromatic rings. The number of hydrogen-bond donors (Lipinski definition) is 2. The van der Waals surface area contributed by atoms with Gasteiger partial charge in [-0.3, -0.25) is 4.79 Å². The van der Waals surface area contributed by atoms with Crippen LogP contribution in [0.3, 0.4) is 0 Å². The molecule has 2 rings (SSSR count). The summed E-state index contributed by atoms with van der Waals surface area (Å²) in [5.74, 6) is -1.12. The van der Waals surface area contributed by atoms with Crippen LogP contribution in [-0.2, 0) is 4.79 Å². The predicted molar refractivity (Wildman–Crippen MR) is 67.0 cm³/mol. The van der Waals surface area contributed by atoms with E-state index in [1.165, 1.54) is 0 Å². The molecule has 2 saturated heterocycles. The lowest BCUT2D eigenvalue weighted by Crippen LogP contribution is -2.52. The lowest BCUT2D eigenvalue weighted by atomic mass is 9.93. The molecular formula is C13H21F3N2O2. The number of rotatable bonds is 3. The van der Waals surface area contributed by atoms with Crippen molar-refractivity contribution in [3.8, 4) is 0 Å². The van der Waals surface area contributed by atoms with E-state index in [9.17, 15) is 18.0 Å². The topological polar surface area (TPSA) is 52.6 Å². The summed E-state index contributed by atoms with van der Waals surface area (Å²) in [5, 5.41) is 11.6.